The molecular formula is C21H33N3O2. The molecule has 2 fully saturated rings. The molecule has 26 heavy (non-hydrogen) atoms. The summed E-state index contributed by atoms with van der Waals surface area (Å²) in [5.74, 6) is 1.90. The van der Waals surface area contributed by atoms with E-state index in [1.54, 1.807) is 7.11 Å². The largest absolute Gasteiger partial charge is 0.497 e. The lowest BCUT2D eigenvalue weighted by atomic mass is 9.87. The maximum absolute atomic E-state index is 12.4. The van der Waals surface area contributed by atoms with Crippen molar-refractivity contribution in [3.05, 3.63) is 24.3 Å². The number of carbonyl (C=O) groups excluding carboxylic acids is 1. The van der Waals surface area contributed by atoms with Gasteiger partial charge in [0, 0.05) is 37.9 Å². The van der Waals surface area contributed by atoms with Crippen molar-refractivity contribution in [2.75, 3.05) is 44.7 Å². The van der Waals surface area contributed by atoms with E-state index in [9.17, 15) is 4.79 Å². The molecule has 0 unspecified atom stereocenters. The summed E-state index contributed by atoms with van der Waals surface area (Å²) in [6.45, 7) is 6.75. The third-order valence-electron chi connectivity index (χ3n) is 5.77. The summed E-state index contributed by atoms with van der Waals surface area (Å²) in [6, 6.07) is 8.64. The van der Waals surface area contributed by atoms with Crippen LogP contribution in [0.15, 0.2) is 24.3 Å². The number of carbonyl (C=O) groups is 1. The quantitative estimate of drug-likeness (QED) is 0.878. The van der Waals surface area contributed by atoms with E-state index in [4.69, 9.17) is 4.74 Å². The van der Waals surface area contributed by atoms with Crippen LogP contribution < -0.4 is 15.0 Å². The molecule has 1 heterocycles. The average Bonchev–Trinajstić information content (AvgIpc) is 2.89. The molecular weight excluding hydrogens is 326 g/mol. The predicted octanol–water partition coefficient (Wildman–Crippen LogP) is 2.90. The van der Waals surface area contributed by atoms with Gasteiger partial charge in [-0.1, -0.05) is 6.92 Å². The zero-order valence-electron chi connectivity index (χ0n) is 16.2. The third kappa shape index (κ3) is 5.37. The minimum absolute atomic E-state index is 0.197. The summed E-state index contributed by atoms with van der Waals surface area (Å²) in [4.78, 5) is 17.1. The van der Waals surface area contributed by atoms with E-state index in [1.165, 1.54) is 18.5 Å². The number of methoxy groups -OCH3 is 1. The smallest absolute Gasteiger partial charge is 0.234 e. The van der Waals surface area contributed by atoms with Crippen LogP contribution in [0.5, 0.6) is 5.75 Å². The van der Waals surface area contributed by atoms with Crippen LogP contribution >= 0.6 is 0 Å². The maximum atomic E-state index is 12.4. The van der Waals surface area contributed by atoms with Gasteiger partial charge in [0.1, 0.15) is 5.75 Å². The van der Waals surface area contributed by atoms with Crippen LogP contribution in [0.3, 0.4) is 0 Å². The van der Waals surface area contributed by atoms with Crippen LogP contribution in [-0.2, 0) is 4.79 Å². The molecule has 1 aromatic carbocycles. The van der Waals surface area contributed by atoms with Gasteiger partial charge in [-0.15, -0.1) is 0 Å². The Bertz CT molecular complexity index is 567. The molecule has 144 valence electrons. The summed E-state index contributed by atoms with van der Waals surface area (Å²) >= 11 is 0. The van der Waals surface area contributed by atoms with Gasteiger partial charge in [0.2, 0.25) is 5.91 Å². The van der Waals surface area contributed by atoms with Crippen LogP contribution in [0, 0.1) is 5.92 Å². The van der Waals surface area contributed by atoms with Crippen LogP contribution in [-0.4, -0.2) is 56.7 Å². The lowest BCUT2D eigenvalue weighted by Gasteiger charge is -2.28. The summed E-state index contributed by atoms with van der Waals surface area (Å²) in [6.07, 6.45) is 5.84. The third-order valence-corrected chi connectivity index (χ3v) is 5.77. The summed E-state index contributed by atoms with van der Waals surface area (Å²) in [7, 11) is 1.69. The molecule has 0 spiro atoms. The normalized spacial score (nSPS) is 24.8. The Morgan fingerprint density at radius 1 is 1.08 bits per heavy atom. The van der Waals surface area contributed by atoms with E-state index < -0.39 is 0 Å². The molecule has 1 aliphatic carbocycles. The van der Waals surface area contributed by atoms with Crippen molar-refractivity contribution in [2.45, 2.75) is 45.1 Å². The highest BCUT2D eigenvalue weighted by molar-refractivity contribution is 5.78. The van der Waals surface area contributed by atoms with Gasteiger partial charge in [-0.3, -0.25) is 9.69 Å². The van der Waals surface area contributed by atoms with Gasteiger partial charge in [0.25, 0.3) is 0 Å². The van der Waals surface area contributed by atoms with Crippen molar-refractivity contribution in [3.8, 4) is 5.75 Å². The average molecular weight is 360 g/mol. The van der Waals surface area contributed by atoms with Gasteiger partial charge in [-0.2, -0.15) is 0 Å². The van der Waals surface area contributed by atoms with Gasteiger partial charge in [-0.25, -0.2) is 0 Å². The van der Waals surface area contributed by atoms with E-state index in [0.29, 0.717) is 12.6 Å². The van der Waals surface area contributed by atoms with Gasteiger partial charge < -0.3 is 15.0 Å². The Labute approximate surface area is 157 Å². The summed E-state index contributed by atoms with van der Waals surface area (Å²) in [5.41, 5.74) is 1.23. The summed E-state index contributed by atoms with van der Waals surface area (Å²) in [5, 5.41) is 3.25. The Balaban J connectivity index is 1.45. The highest BCUT2D eigenvalue weighted by atomic mass is 16.5. The molecule has 1 amide bonds. The SMILES string of the molecule is COc1ccc(N2CCCN(CC(=O)NC3CCC(C)CC3)CC2)cc1. The van der Waals surface area contributed by atoms with Crippen molar-refractivity contribution in [1.82, 2.24) is 10.2 Å². The van der Waals surface area contributed by atoms with Crippen molar-refractivity contribution < 1.29 is 9.53 Å². The fourth-order valence-electron chi connectivity index (χ4n) is 4.06. The number of nitrogens with zero attached hydrogens (tertiary/aromatic N) is 2. The van der Waals surface area contributed by atoms with Gasteiger partial charge in [-0.05, 0) is 62.3 Å². The number of rotatable bonds is 5. The molecule has 0 aromatic heterocycles. The van der Waals surface area contributed by atoms with Gasteiger partial charge in [0.05, 0.1) is 13.7 Å². The lowest BCUT2D eigenvalue weighted by molar-refractivity contribution is -0.123. The summed E-state index contributed by atoms with van der Waals surface area (Å²) < 4.78 is 5.24. The first-order valence-electron chi connectivity index (χ1n) is 10.0. The zero-order valence-corrected chi connectivity index (χ0v) is 16.2. The molecule has 1 saturated heterocycles. The first-order chi connectivity index (χ1) is 12.6. The molecule has 2 aliphatic rings. The number of amides is 1. The molecule has 5 heteroatoms. The van der Waals surface area contributed by atoms with Crippen molar-refractivity contribution in [2.24, 2.45) is 5.92 Å². The topological polar surface area (TPSA) is 44.8 Å². The molecule has 1 saturated carbocycles. The van der Waals surface area contributed by atoms with Crippen LogP contribution in [0.1, 0.15) is 39.0 Å². The van der Waals surface area contributed by atoms with E-state index >= 15 is 0 Å². The second kappa shape index (κ2) is 9.26. The van der Waals surface area contributed by atoms with Gasteiger partial charge >= 0.3 is 0 Å². The standard InChI is InChI=1S/C21H33N3O2/c1-17-4-6-18(7-5-17)22-21(25)16-23-12-3-13-24(15-14-23)19-8-10-20(26-2)11-9-19/h8-11,17-18H,3-7,12-16H2,1-2H3,(H,22,25). The second-order valence-electron chi connectivity index (χ2n) is 7.84. The molecule has 1 N–H and O–H groups in total. The predicted molar refractivity (Wildman–Crippen MR) is 106 cm³/mol. The maximum Gasteiger partial charge on any atom is 0.234 e. The Hall–Kier alpha value is -1.75. The van der Waals surface area contributed by atoms with Crippen molar-refractivity contribution in [3.63, 3.8) is 0 Å². The molecule has 1 aliphatic heterocycles. The minimum Gasteiger partial charge on any atom is -0.497 e. The van der Waals surface area contributed by atoms with E-state index in [2.05, 4.69) is 34.2 Å². The van der Waals surface area contributed by atoms with Gasteiger partial charge in [0.15, 0.2) is 0 Å². The molecule has 1 aromatic rings. The number of benzene rings is 1. The highest BCUT2D eigenvalue weighted by Crippen LogP contribution is 2.23. The fourth-order valence-corrected chi connectivity index (χ4v) is 4.06. The first kappa shape index (κ1) is 19.0. The van der Waals surface area contributed by atoms with Crippen LogP contribution in [0.25, 0.3) is 0 Å². The minimum atomic E-state index is 0.197. The molecule has 0 radical (unpaired) electrons. The number of anilines is 1. The molecule has 0 atom stereocenters. The lowest BCUT2D eigenvalue weighted by Crippen LogP contribution is -2.44. The number of ether oxygens (including phenoxy) is 1. The zero-order chi connectivity index (χ0) is 18.4. The van der Waals surface area contributed by atoms with Crippen LogP contribution in [0.2, 0.25) is 0 Å². The fraction of sp³-hybridized carbons (Fsp3) is 0.667. The number of hydrogen-bond acceptors (Lipinski definition) is 4. The molecule has 0 bridgehead atoms. The van der Waals surface area contributed by atoms with Crippen LogP contribution in [0.4, 0.5) is 5.69 Å². The Kier molecular flexibility index (Phi) is 6.78. The van der Waals surface area contributed by atoms with Crippen molar-refractivity contribution in [1.29, 1.82) is 0 Å². The van der Waals surface area contributed by atoms with E-state index in [-0.39, 0.29) is 5.91 Å². The molecule has 3 rings (SSSR count). The second-order valence-corrected chi connectivity index (χ2v) is 7.84. The number of nitrogens with one attached hydrogen (secondary N) is 1. The van der Waals surface area contributed by atoms with E-state index in [0.717, 1.165) is 57.1 Å². The monoisotopic (exact) mass is 359 g/mol. The highest BCUT2D eigenvalue weighted by Gasteiger charge is 2.22. The Morgan fingerprint density at radius 2 is 1.81 bits per heavy atom. The Morgan fingerprint density at radius 3 is 2.50 bits per heavy atom. The number of hydrogen-bond donors (Lipinski definition) is 1. The van der Waals surface area contributed by atoms with E-state index in [1.807, 2.05) is 12.1 Å². The first-order valence-corrected chi connectivity index (χ1v) is 10.0. The molecule has 5 nitrogen and oxygen atoms in total. The van der Waals surface area contributed by atoms with Crippen molar-refractivity contribution >= 4 is 11.6 Å².